The zero-order chi connectivity index (χ0) is 14.5. The summed E-state index contributed by atoms with van der Waals surface area (Å²) in [5, 5.41) is 7.04. The maximum absolute atomic E-state index is 11.8. The van der Waals surface area contributed by atoms with E-state index in [0.717, 1.165) is 10.9 Å². The first kappa shape index (κ1) is 15.2. The van der Waals surface area contributed by atoms with Crippen LogP contribution in [0.1, 0.15) is 5.56 Å². The predicted octanol–water partition coefficient (Wildman–Crippen LogP) is 5.53. The molecule has 104 valence electrons. The van der Waals surface area contributed by atoms with Crippen LogP contribution in [0.4, 0.5) is 16.2 Å². The quantitative estimate of drug-likeness (QED) is 0.682. The molecule has 0 aliphatic heterocycles. The van der Waals surface area contributed by atoms with Crippen molar-refractivity contribution in [3.63, 3.8) is 0 Å². The lowest BCUT2D eigenvalue weighted by Gasteiger charge is -2.08. The molecule has 2 N–H and O–H groups in total. The van der Waals surface area contributed by atoms with E-state index in [4.69, 9.17) is 23.2 Å². The van der Waals surface area contributed by atoms with Gasteiger partial charge in [-0.15, -0.1) is 0 Å². The zero-order valence-corrected chi connectivity index (χ0v) is 13.4. The Morgan fingerprint density at radius 3 is 2.15 bits per heavy atom. The Morgan fingerprint density at radius 2 is 1.55 bits per heavy atom. The van der Waals surface area contributed by atoms with Gasteiger partial charge in [0.2, 0.25) is 0 Å². The highest BCUT2D eigenvalue weighted by molar-refractivity contribution is 9.08. The summed E-state index contributed by atoms with van der Waals surface area (Å²) >= 11 is 15.1. The summed E-state index contributed by atoms with van der Waals surface area (Å²) in [5.41, 5.74) is 2.43. The number of hydrogen-bond acceptors (Lipinski definition) is 1. The Hall–Kier alpha value is -1.23. The van der Waals surface area contributed by atoms with Crippen LogP contribution in [0.2, 0.25) is 10.0 Å². The van der Waals surface area contributed by atoms with E-state index in [9.17, 15) is 4.79 Å². The van der Waals surface area contributed by atoms with Crippen molar-refractivity contribution in [2.75, 3.05) is 10.6 Å². The molecule has 20 heavy (non-hydrogen) atoms. The fourth-order valence-corrected chi connectivity index (χ4v) is 2.22. The lowest BCUT2D eigenvalue weighted by molar-refractivity contribution is 0.262. The van der Waals surface area contributed by atoms with Crippen molar-refractivity contribution in [2.45, 2.75) is 5.33 Å². The van der Waals surface area contributed by atoms with Crippen LogP contribution >= 0.6 is 39.1 Å². The molecular formula is C14H11BrCl2N2O. The van der Waals surface area contributed by atoms with Crippen molar-refractivity contribution in [1.29, 1.82) is 0 Å². The van der Waals surface area contributed by atoms with Gasteiger partial charge in [0.25, 0.3) is 0 Å². The summed E-state index contributed by atoms with van der Waals surface area (Å²) in [4.78, 5) is 11.8. The maximum atomic E-state index is 11.8. The molecule has 0 saturated carbocycles. The molecule has 2 aromatic rings. The Balaban J connectivity index is 1.99. The molecule has 0 unspecified atom stereocenters. The number of carbonyl (C=O) groups excluding carboxylic acids is 1. The van der Waals surface area contributed by atoms with E-state index in [1.165, 1.54) is 0 Å². The SMILES string of the molecule is O=C(Nc1ccc(CBr)cc1)Nc1ccc(Cl)c(Cl)c1. The van der Waals surface area contributed by atoms with E-state index >= 15 is 0 Å². The van der Waals surface area contributed by atoms with Gasteiger partial charge in [-0.2, -0.15) is 0 Å². The molecule has 0 spiro atoms. The number of hydrogen-bond donors (Lipinski definition) is 2. The average Bonchev–Trinajstić information content (AvgIpc) is 2.44. The highest BCUT2D eigenvalue weighted by Crippen LogP contribution is 2.25. The van der Waals surface area contributed by atoms with Crippen molar-refractivity contribution in [3.05, 3.63) is 58.1 Å². The number of rotatable bonds is 3. The van der Waals surface area contributed by atoms with Crippen molar-refractivity contribution in [3.8, 4) is 0 Å². The Bertz CT molecular complexity index is 617. The van der Waals surface area contributed by atoms with Gasteiger partial charge in [0.15, 0.2) is 0 Å². The molecule has 2 rings (SSSR count). The van der Waals surface area contributed by atoms with Crippen molar-refractivity contribution in [2.24, 2.45) is 0 Å². The molecule has 0 aromatic heterocycles. The number of amides is 2. The number of urea groups is 1. The fourth-order valence-electron chi connectivity index (χ4n) is 1.54. The van der Waals surface area contributed by atoms with E-state index < -0.39 is 0 Å². The fraction of sp³-hybridized carbons (Fsp3) is 0.0714. The molecule has 6 heteroatoms. The molecule has 0 fully saturated rings. The summed E-state index contributed by atoms with van der Waals surface area (Å²) in [7, 11) is 0. The van der Waals surface area contributed by atoms with Gasteiger partial charge in [0, 0.05) is 16.7 Å². The van der Waals surface area contributed by atoms with E-state index in [1.54, 1.807) is 18.2 Å². The maximum Gasteiger partial charge on any atom is 0.323 e. The number of halogens is 3. The molecule has 0 aliphatic rings. The second-order valence-corrected chi connectivity index (χ2v) is 5.41. The van der Waals surface area contributed by atoms with Crippen molar-refractivity contribution in [1.82, 2.24) is 0 Å². The third kappa shape index (κ3) is 4.13. The van der Waals surface area contributed by atoms with Crippen LogP contribution in [0.3, 0.4) is 0 Å². The second-order valence-electron chi connectivity index (χ2n) is 4.04. The van der Waals surface area contributed by atoms with Gasteiger partial charge >= 0.3 is 6.03 Å². The molecule has 3 nitrogen and oxygen atoms in total. The highest BCUT2D eigenvalue weighted by Gasteiger charge is 2.04. The van der Waals surface area contributed by atoms with Gasteiger partial charge in [-0.05, 0) is 35.9 Å². The molecule has 0 bridgehead atoms. The zero-order valence-electron chi connectivity index (χ0n) is 10.3. The molecule has 0 atom stereocenters. The standard InChI is InChI=1S/C14H11BrCl2N2O/c15-8-9-1-3-10(4-2-9)18-14(20)19-11-5-6-12(16)13(17)7-11/h1-7H,8H2,(H2,18,19,20). The normalized spacial score (nSPS) is 10.2. The first-order chi connectivity index (χ1) is 9.58. The van der Waals surface area contributed by atoms with Crippen LogP contribution < -0.4 is 10.6 Å². The smallest absolute Gasteiger partial charge is 0.308 e. The summed E-state index contributed by atoms with van der Waals surface area (Å²) in [6.07, 6.45) is 0. The van der Waals surface area contributed by atoms with Crippen molar-refractivity contribution < 1.29 is 4.79 Å². The highest BCUT2D eigenvalue weighted by atomic mass is 79.9. The van der Waals surface area contributed by atoms with E-state index in [2.05, 4.69) is 26.6 Å². The monoisotopic (exact) mass is 372 g/mol. The van der Waals surface area contributed by atoms with Crippen LogP contribution in [-0.4, -0.2) is 6.03 Å². The minimum Gasteiger partial charge on any atom is -0.308 e. The number of nitrogens with one attached hydrogen (secondary N) is 2. The average molecular weight is 374 g/mol. The van der Waals surface area contributed by atoms with Gasteiger partial charge in [-0.25, -0.2) is 4.79 Å². The molecule has 2 aromatic carbocycles. The third-order valence-electron chi connectivity index (χ3n) is 2.54. The molecule has 0 heterocycles. The molecule has 0 radical (unpaired) electrons. The summed E-state index contributed by atoms with van der Waals surface area (Å²) in [5.74, 6) is 0. The van der Waals surface area contributed by atoms with E-state index in [0.29, 0.717) is 21.4 Å². The van der Waals surface area contributed by atoms with E-state index in [1.807, 2.05) is 24.3 Å². The summed E-state index contributed by atoms with van der Waals surface area (Å²) in [6, 6.07) is 12.1. The van der Waals surface area contributed by atoms with Gasteiger partial charge in [0.1, 0.15) is 0 Å². The summed E-state index contributed by atoms with van der Waals surface area (Å²) in [6.45, 7) is 0. The van der Waals surface area contributed by atoms with Gasteiger partial charge in [-0.1, -0.05) is 51.3 Å². The van der Waals surface area contributed by atoms with Crippen LogP contribution in [0.5, 0.6) is 0 Å². The number of alkyl halides is 1. The van der Waals surface area contributed by atoms with Gasteiger partial charge in [0.05, 0.1) is 10.0 Å². The topological polar surface area (TPSA) is 41.1 Å². The third-order valence-corrected chi connectivity index (χ3v) is 3.93. The van der Waals surface area contributed by atoms with Crippen LogP contribution in [0.15, 0.2) is 42.5 Å². The first-order valence-corrected chi connectivity index (χ1v) is 7.64. The lowest BCUT2D eigenvalue weighted by Crippen LogP contribution is -2.19. The number of anilines is 2. The van der Waals surface area contributed by atoms with E-state index in [-0.39, 0.29) is 6.03 Å². The Kier molecular flexibility index (Phi) is 5.29. The Labute approximate surface area is 135 Å². The van der Waals surface area contributed by atoms with Crippen LogP contribution in [0, 0.1) is 0 Å². The van der Waals surface area contributed by atoms with Gasteiger partial charge in [-0.3, -0.25) is 0 Å². The first-order valence-electron chi connectivity index (χ1n) is 5.76. The minimum absolute atomic E-state index is 0.338. The predicted molar refractivity (Wildman–Crippen MR) is 88.2 cm³/mol. The lowest BCUT2D eigenvalue weighted by atomic mass is 10.2. The molecule has 2 amide bonds. The largest absolute Gasteiger partial charge is 0.323 e. The minimum atomic E-state index is -0.338. The summed E-state index contributed by atoms with van der Waals surface area (Å²) < 4.78 is 0. The second kappa shape index (κ2) is 6.97. The Morgan fingerprint density at radius 1 is 0.950 bits per heavy atom. The number of carbonyl (C=O) groups is 1. The number of benzene rings is 2. The van der Waals surface area contributed by atoms with Crippen LogP contribution in [0.25, 0.3) is 0 Å². The molecule has 0 saturated heterocycles. The van der Waals surface area contributed by atoms with Crippen molar-refractivity contribution >= 4 is 56.5 Å². The van der Waals surface area contributed by atoms with Crippen LogP contribution in [-0.2, 0) is 5.33 Å². The van der Waals surface area contributed by atoms with Gasteiger partial charge < -0.3 is 10.6 Å². The molecular weight excluding hydrogens is 363 g/mol. The molecule has 0 aliphatic carbocycles.